The van der Waals surface area contributed by atoms with Crippen LogP contribution in [0.15, 0.2) is 17.2 Å². The number of methoxy groups -OCH3 is 1. The minimum absolute atomic E-state index is 0.0652. The molecule has 1 rings (SSSR count). The molecule has 0 atom stereocenters. The quantitative estimate of drug-likeness (QED) is 0.786. The predicted molar refractivity (Wildman–Crippen MR) is 57.5 cm³/mol. The summed E-state index contributed by atoms with van der Waals surface area (Å²) < 4.78 is 28.4. The summed E-state index contributed by atoms with van der Waals surface area (Å²) in [4.78, 5) is 11.3. The summed E-state index contributed by atoms with van der Waals surface area (Å²) in [7, 11) is -2.58. The topological polar surface area (TPSA) is 91.4 Å². The molecule has 0 aliphatic rings. The van der Waals surface area contributed by atoms with Crippen molar-refractivity contribution in [2.75, 3.05) is 7.11 Å². The Kier molecular flexibility index (Phi) is 3.39. The highest BCUT2D eigenvalue weighted by Gasteiger charge is 2.20. The van der Waals surface area contributed by atoms with Crippen molar-refractivity contribution >= 4 is 16.0 Å². The molecule has 0 amide bonds. The van der Waals surface area contributed by atoms with Crippen molar-refractivity contribution in [3.05, 3.63) is 18.0 Å². The Balaban J connectivity index is 3.37. The molecule has 2 N–H and O–H groups in total. The van der Waals surface area contributed by atoms with E-state index in [4.69, 9.17) is 5.14 Å². The molecule has 0 bridgehead atoms. The molecule has 0 aromatic carbocycles. The van der Waals surface area contributed by atoms with Crippen LogP contribution in [0.25, 0.3) is 0 Å². The van der Waals surface area contributed by atoms with Gasteiger partial charge in [0.25, 0.3) is 0 Å². The van der Waals surface area contributed by atoms with E-state index >= 15 is 0 Å². The number of nitrogens with two attached hydrogens (primary N) is 1. The molecule has 0 aliphatic heterocycles. The molecule has 1 heterocycles. The summed E-state index contributed by atoms with van der Waals surface area (Å²) in [6.45, 7) is 3.64. The van der Waals surface area contributed by atoms with E-state index in [2.05, 4.69) is 4.74 Å². The fraction of sp³-hybridized carbons (Fsp3) is 0.444. The number of ether oxygens (including phenoxy) is 1. The lowest BCUT2D eigenvalue weighted by molar-refractivity contribution is 0.0586. The van der Waals surface area contributed by atoms with Gasteiger partial charge in [-0.1, -0.05) is 0 Å². The van der Waals surface area contributed by atoms with Gasteiger partial charge in [0.05, 0.1) is 7.11 Å². The zero-order valence-corrected chi connectivity index (χ0v) is 10.1. The zero-order chi connectivity index (χ0) is 12.5. The lowest BCUT2D eigenvalue weighted by Crippen LogP contribution is -2.11. The van der Waals surface area contributed by atoms with Gasteiger partial charge in [0.15, 0.2) is 0 Å². The second kappa shape index (κ2) is 4.26. The summed E-state index contributed by atoms with van der Waals surface area (Å²) in [5, 5.41) is 4.99. The predicted octanol–water partition coefficient (Wildman–Crippen LogP) is 0.503. The van der Waals surface area contributed by atoms with Crippen LogP contribution < -0.4 is 5.14 Å². The average molecular weight is 246 g/mol. The molecule has 90 valence electrons. The summed E-state index contributed by atoms with van der Waals surface area (Å²) in [6, 6.07) is 1.14. The summed E-state index contributed by atoms with van der Waals surface area (Å²) >= 11 is 0. The van der Waals surface area contributed by atoms with Crippen molar-refractivity contribution in [2.24, 2.45) is 5.14 Å². The van der Waals surface area contributed by atoms with E-state index in [0.29, 0.717) is 0 Å². The van der Waals surface area contributed by atoms with E-state index in [1.807, 2.05) is 13.8 Å². The van der Waals surface area contributed by atoms with Crippen LogP contribution in [0, 0.1) is 0 Å². The first-order chi connectivity index (χ1) is 7.27. The van der Waals surface area contributed by atoms with Crippen molar-refractivity contribution in [3.8, 4) is 0 Å². The average Bonchev–Trinajstić information content (AvgIpc) is 2.60. The van der Waals surface area contributed by atoms with Crippen LogP contribution in [0.5, 0.6) is 0 Å². The molecule has 0 fully saturated rings. The molecular formula is C9H14N2O4S. The maximum Gasteiger partial charge on any atom is 0.354 e. The Morgan fingerprint density at radius 1 is 1.50 bits per heavy atom. The van der Waals surface area contributed by atoms with Gasteiger partial charge < -0.3 is 9.30 Å². The first-order valence-electron chi connectivity index (χ1n) is 4.60. The molecule has 0 saturated heterocycles. The van der Waals surface area contributed by atoms with Gasteiger partial charge in [-0.25, -0.2) is 18.4 Å². The van der Waals surface area contributed by atoms with Crippen LogP contribution in [0.3, 0.4) is 0 Å². The number of hydrogen-bond acceptors (Lipinski definition) is 4. The Hall–Kier alpha value is -1.34. The first kappa shape index (κ1) is 12.7. The Morgan fingerprint density at radius 2 is 2.06 bits per heavy atom. The third kappa shape index (κ3) is 2.42. The highest BCUT2D eigenvalue weighted by Crippen LogP contribution is 2.18. The smallest absolute Gasteiger partial charge is 0.354 e. The Morgan fingerprint density at radius 3 is 2.44 bits per heavy atom. The largest absolute Gasteiger partial charge is 0.464 e. The second-order valence-electron chi connectivity index (χ2n) is 3.60. The highest BCUT2D eigenvalue weighted by atomic mass is 32.2. The van der Waals surface area contributed by atoms with E-state index in [1.54, 1.807) is 0 Å². The van der Waals surface area contributed by atoms with Crippen molar-refractivity contribution in [3.63, 3.8) is 0 Å². The van der Waals surface area contributed by atoms with Crippen LogP contribution in [0.2, 0.25) is 0 Å². The number of esters is 1. The van der Waals surface area contributed by atoms with Gasteiger partial charge in [0, 0.05) is 12.2 Å². The van der Waals surface area contributed by atoms with E-state index in [9.17, 15) is 13.2 Å². The normalized spacial score (nSPS) is 11.8. The van der Waals surface area contributed by atoms with Crippen molar-refractivity contribution in [1.82, 2.24) is 4.57 Å². The highest BCUT2D eigenvalue weighted by molar-refractivity contribution is 7.89. The standard InChI is InChI=1S/C9H14N2O4S/c1-6(2)11-5-7(16(10,13)14)4-8(11)9(12)15-3/h4-6H,1-3H3,(H2,10,13,14). The molecule has 0 saturated carbocycles. The van der Waals surface area contributed by atoms with Gasteiger partial charge in [0.1, 0.15) is 10.6 Å². The molecule has 0 radical (unpaired) electrons. The van der Waals surface area contributed by atoms with Gasteiger partial charge >= 0.3 is 5.97 Å². The number of primary sulfonamides is 1. The fourth-order valence-electron chi connectivity index (χ4n) is 1.30. The molecule has 6 nitrogen and oxygen atoms in total. The third-order valence-electron chi connectivity index (χ3n) is 2.10. The molecule has 1 aromatic heterocycles. The molecule has 0 aliphatic carbocycles. The third-order valence-corrected chi connectivity index (χ3v) is 2.98. The maximum atomic E-state index is 11.4. The monoisotopic (exact) mass is 246 g/mol. The molecule has 0 spiro atoms. The number of rotatable bonds is 3. The van der Waals surface area contributed by atoms with Crippen LogP contribution in [0.1, 0.15) is 30.4 Å². The van der Waals surface area contributed by atoms with Crippen molar-refractivity contribution in [2.45, 2.75) is 24.8 Å². The van der Waals surface area contributed by atoms with E-state index in [1.165, 1.54) is 23.9 Å². The zero-order valence-electron chi connectivity index (χ0n) is 9.30. The number of sulfonamides is 1. The van der Waals surface area contributed by atoms with Crippen molar-refractivity contribution < 1.29 is 17.9 Å². The van der Waals surface area contributed by atoms with Gasteiger partial charge in [-0.05, 0) is 19.9 Å². The number of nitrogens with zero attached hydrogens (tertiary/aromatic N) is 1. The second-order valence-corrected chi connectivity index (χ2v) is 5.16. The Bertz CT molecular complexity index is 502. The van der Waals surface area contributed by atoms with Gasteiger partial charge in [0.2, 0.25) is 10.0 Å². The summed E-state index contributed by atoms with van der Waals surface area (Å²) in [5.41, 5.74) is 0.168. The van der Waals surface area contributed by atoms with E-state index < -0.39 is 16.0 Å². The van der Waals surface area contributed by atoms with Gasteiger partial charge in [-0.15, -0.1) is 0 Å². The van der Waals surface area contributed by atoms with Crippen molar-refractivity contribution in [1.29, 1.82) is 0 Å². The lowest BCUT2D eigenvalue weighted by atomic mass is 10.3. The van der Waals surface area contributed by atoms with E-state index in [0.717, 1.165) is 0 Å². The number of carbonyl (C=O) groups is 1. The van der Waals surface area contributed by atoms with Crippen LogP contribution >= 0.6 is 0 Å². The van der Waals surface area contributed by atoms with Gasteiger partial charge in [-0.2, -0.15) is 0 Å². The van der Waals surface area contributed by atoms with Crippen LogP contribution in [0.4, 0.5) is 0 Å². The number of aromatic nitrogens is 1. The molecule has 7 heteroatoms. The first-order valence-corrected chi connectivity index (χ1v) is 6.15. The van der Waals surface area contributed by atoms with Gasteiger partial charge in [-0.3, -0.25) is 0 Å². The minimum atomic E-state index is -3.81. The fourth-order valence-corrected chi connectivity index (χ4v) is 1.84. The SMILES string of the molecule is COC(=O)c1cc(S(N)(=O)=O)cn1C(C)C. The number of carbonyl (C=O) groups excluding carboxylic acids is 1. The molecular weight excluding hydrogens is 232 g/mol. The van der Waals surface area contributed by atoms with Crippen LogP contribution in [-0.4, -0.2) is 26.1 Å². The summed E-state index contributed by atoms with van der Waals surface area (Å²) in [6.07, 6.45) is 1.33. The molecule has 0 unspecified atom stereocenters. The lowest BCUT2D eigenvalue weighted by Gasteiger charge is -2.10. The molecule has 1 aromatic rings. The Labute approximate surface area is 94.1 Å². The minimum Gasteiger partial charge on any atom is -0.464 e. The number of hydrogen-bond donors (Lipinski definition) is 1. The maximum absolute atomic E-state index is 11.4. The summed E-state index contributed by atoms with van der Waals surface area (Å²) in [5.74, 6) is -0.594. The molecule has 16 heavy (non-hydrogen) atoms. The van der Waals surface area contributed by atoms with Crippen LogP contribution in [-0.2, 0) is 14.8 Å². The van der Waals surface area contributed by atoms with E-state index in [-0.39, 0.29) is 16.6 Å².